The van der Waals surface area contributed by atoms with E-state index in [-0.39, 0.29) is 5.78 Å². The maximum Gasteiger partial charge on any atom is 0.185 e. The Labute approximate surface area is 177 Å². The number of rotatable bonds is 6. The van der Waals surface area contributed by atoms with Crippen LogP contribution in [0.5, 0.6) is 23.0 Å². The molecule has 0 atom stereocenters. The van der Waals surface area contributed by atoms with Crippen molar-refractivity contribution in [3.05, 3.63) is 58.7 Å². The standard InChI is InChI=1S/C25H28O5/c1-27-21-13-7-11-19(24(21)29-3)15-17-9-5-6-10-18(23(17)26)16-20-12-8-14-22(28-2)25(20)30-4/h7-8,11-16H,5-6,9-10H2,1-4H3/b17-15-,18-16-. The van der Waals surface area contributed by atoms with Crippen molar-refractivity contribution in [2.75, 3.05) is 28.4 Å². The van der Waals surface area contributed by atoms with Crippen molar-refractivity contribution in [1.29, 1.82) is 0 Å². The Morgan fingerprint density at radius 3 is 1.47 bits per heavy atom. The molecule has 0 aliphatic heterocycles. The number of para-hydroxylation sites is 2. The van der Waals surface area contributed by atoms with Crippen molar-refractivity contribution in [2.24, 2.45) is 0 Å². The van der Waals surface area contributed by atoms with Gasteiger partial charge in [0.25, 0.3) is 0 Å². The van der Waals surface area contributed by atoms with Crippen molar-refractivity contribution in [3.63, 3.8) is 0 Å². The van der Waals surface area contributed by atoms with Gasteiger partial charge in [0.05, 0.1) is 28.4 Å². The molecule has 3 rings (SSSR count). The summed E-state index contributed by atoms with van der Waals surface area (Å²) < 4.78 is 21.8. The highest BCUT2D eigenvalue weighted by atomic mass is 16.5. The molecular formula is C25H28O5. The second kappa shape index (κ2) is 10.0. The molecular weight excluding hydrogens is 380 g/mol. The minimum atomic E-state index is 0.0576. The number of ketones is 1. The fraction of sp³-hybridized carbons (Fsp3) is 0.320. The summed E-state index contributed by atoms with van der Waals surface area (Å²) in [6.45, 7) is 0. The van der Waals surface area contributed by atoms with Gasteiger partial charge in [0.2, 0.25) is 0 Å². The molecule has 158 valence electrons. The van der Waals surface area contributed by atoms with Crippen LogP contribution in [0.2, 0.25) is 0 Å². The molecule has 0 bridgehead atoms. The first kappa shape index (κ1) is 21.5. The van der Waals surface area contributed by atoms with Gasteiger partial charge in [-0.2, -0.15) is 0 Å². The van der Waals surface area contributed by atoms with Crippen LogP contribution < -0.4 is 18.9 Å². The molecule has 0 radical (unpaired) electrons. The van der Waals surface area contributed by atoms with E-state index in [0.29, 0.717) is 23.0 Å². The third kappa shape index (κ3) is 4.51. The lowest BCUT2D eigenvalue weighted by atomic mass is 9.97. The largest absolute Gasteiger partial charge is 0.493 e. The lowest BCUT2D eigenvalue weighted by Crippen LogP contribution is -2.05. The molecule has 1 aliphatic carbocycles. The first-order chi connectivity index (χ1) is 14.6. The zero-order valence-corrected chi connectivity index (χ0v) is 18.0. The number of methoxy groups -OCH3 is 4. The van der Waals surface area contributed by atoms with E-state index in [2.05, 4.69) is 0 Å². The first-order valence-electron chi connectivity index (χ1n) is 10.0. The minimum absolute atomic E-state index is 0.0576. The summed E-state index contributed by atoms with van der Waals surface area (Å²) in [5.74, 6) is 2.60. The molecule has 0 aromatic heterocycles. The highest BCUT2D eigenvalue weighted by Crippen LogP contribution is 2.36. The number of carbonyl (C=O) groups is 1. The summed E-state index contributed by atoms with van der Waals surface area (Å²) in [5, 5.41) is 0. The highest BCUT2D eigenvalue weighted by molar-refractivity contribution is 6.13. The lowest BCUT2D eigenvalue weighted by Gasteiger charge is -2.13. The van der Waals surface area contributed by atoms with Crippen molar-refractivity contribution in [3.8, 4) is 23.0 Å². The average Bonchev–Trinajstić information content (AvgIpc) is 2.94. The summed E-state index contributed by atoms with van der Waals surface area (Å²) in [5.41, 5.74) is 3.21. The topological polar surface area (TPSA) is 54.0 Å². The SMILES string of the molecule is COc1cccc(/C=C2/CCCC/C(=C/c3cccc(OC)c3OC)C2=O)c1OC. The molecule has 0 N–H and O–H groups in total. The van der Waals surface area contributed by atoms with E-state index in [0.717, 1.165) is 48.0 Å². The van der Waals surface area contributed by atoms with Crippen molar-refractivity contribution < 1.29 is 23.7 Å². The lowest BCUT2D eigenvalue weighted by molar-refractivity contribution is -0.112. The molecule has 5 heteroatoms. The van der Waals surface area contributed by atoms with Gasteiger partial charge in [0.1, 0.15) is 0 Å². The van der Waals surface area contributed by atoms with Crippen LogP contribution in [0.4, 0.5) is 0 Å². The van der Waals surface area contributed by atoms with Gasteiger partial charge in [0.15, 0.2) is 28.8 Å². The summed E-state index contributed by atoms with van der Waals surface area (Å²) in [6.07, 6.45) is 7.21. The minimum Gasteiger partial charge on any atom is -0.493 e. The maximum absolute atomic E-state index is 13.4. The Balaban J connectivity index is 2.03. The predicted molar refractivity (Wildman–Crippen MR) is 119 cm³/mol. The molecule has 1 aliphatic rings. The Morgan fingerprint density at radius 2 is 1.10 bits per heavy atom. The zero-order chi connectivity index (χ0) is 21.5. The fourth-order valence-corrected chi connectivity index (χ4v) is 3.77. The number of allylic oxidation sites excluding steroid dienone is 2. The molecule has 0 spiro atoms. The van der Waals surface area contributed by atoms with Crippen LogP contribution in [0.3, 0.4) is 0 Å². The number of ether oxygens (including phenoxy) is 4. The van der Waals surface area contributed by atoms with E-state index < -0.39 is 0 Å². The number of hydrogen-bond acceptors (Lipinski definition) is 5. The molecule has 5 nitrogen and oxygen atoms in total. The van der Waals surface area contributed by atoms with Gasteiger partial charge < -0.3 is 18.9 Å². The summed E-state index contributed by atoms with van der Waals surface area (Å²) in [4.78, 5) is 13.4. The van der Waals surface area contributed by atoms with Crippen LogP contribution in [-0.2, 0) is 4.79 Å². The van der Waals surface area contributed by atoms with Crippen LogP contribution in [0.1, 0.15) is 36.8 Å². The zero-order valence-electron chi connectivity index (χ0n) is 18.0. The monoisotopic (exact) mass is 408 g/mol. The van der Waals surface area contributed by atoms with E-state index in [9.17, 15) is 4.79 Å². The van der Waals surface area contributed by atoms with E-state index >= 15 is 0 Å². The summed E-state index contributed by atoms with van der Waals surface area (Å²) >= 11 is 0. The molecule has 0 unspecified atom stereocenters. The van der Waals surface area contributed by atoms with Crippen LogP contribution in [0.15, 0.2) is 47.5 Å². The normalized spacial score (nSPS) is 17.0. The van der Waals surface area contributed by atoms with Gasteiger partial charge in [-0.25, -0.2) is 0 Å². The number of hydrogen-bond donors (Lipinski definition) is 0. The van der Waals surface area contributed by atoms with E-state index in [1.807, 2.05) is 48.6 Å². The number of Topliss-reactive ketones (excluding diaryl/α,β-unsaturated/α-hetero) is 1. The van der Waals surface area contributed by atoms with Gasteiger partial charge in [-0.1, -0.05) is 24.3 Å². The van der Waals surface area contributed by atoms with E-state index in [1.54, 1.807) is 28.4 Å². The molecule has 2 aromatic carbocycles. The second-order valence-electron chi connectivity index (χ2n) is 7.04. The summed E-state index contributed by atoms with van der Waals surface area (Å²) in [6, 6.07) is 11.3. The Bertz CT molecular complexity index is 894. The predicted octanol–water partition coefficient (Wildman–Crippen LogP) is 5.33. The van der Waals surface area contributed by atoms with Gasteiger partial charge in [-0.3, -0.25) is 4.79 Å². The fourth-order valence-electron chi connectivity index (χ4n) is 3.77. The Kier molecular flexibility index (Phi) is 7.17. The van der Waals surface area contributed by atoms with E-state index in [4.69, 9.17) is 18.9 Å². The average molecular weight is 408 g/mol. The second-order valence-corrected chi connectivity index (χ2v) is 7.04. The molecule has 1 fully saturated rings. The molecule has 1 saturated carbocycles. The first-order valence-corrected chi connectivity index (χ1v) is 10.0. The maximum atomic E-state index is 13.4. The van der Waals surface area contributed by atoms with Crippen LogP contribution in [-0.4, -0.2) is 34.2 Å². The molecule has 0 amide bonds. The Hall–Kier alpha value is -3.21. The van der Waals surface area contributed by atoms with Crippen molar-refractivity contribution in [1.82, 2.24) is 0 Å². The third-order valence-corrected chi connectivity index (χ3v) is 5.25. The van der Waals surface area contributed by atoms with Gasteiger partial charge in [-0.05, 0) is 50.0 Å². The molecule has 30 heavy (non-hydrogen) atoms. The Morgan fingerprint density at radius 1 is 0.667 bits per heavy atom. The third-order valence-electron chi connectivity index (χ3n) is 5.25. The van der Waals surface area contributed by atoms with Crippen LogP contribution in [0.25, 0.3) is 12.2 Å². The van der Waals surface area contributed by atoms with Gasteiger partial charge >= 0.3 is 0 Å². The smallest absolute Gasteiger partial charge is 0.185 e. The highest BCUT2D eigenvalue weighted by Gasteiger charge is 2.21. The van der Waals surface area contributed by atoms with Crippen LogP contribution in [0, 0.1) is 0 Å². The van der Waals surface area contributed by atoms with Crippen LogP contribution >= 0.6 is 0 Å². The van der Waals surface area contributed by atoms with Gasteiger partial charge in [-0.15, -0.1) is 0 Å². The molecule has 0 saturated heterocycles. The van der Waals surface area contributed by atoms with Crippen molar-refractivity contribution >= 4 is 17.9 Å². The summed E-state index contributed by atoms with van der Waals surface area (Å²) in [7, 11) is 6.42. The number of carbonyl (C=O) groups excluding carboxylic acids is 1. The molecule has 2 aromatic rings. The van der Waals surface area contributed by atoms with E-state index in [1.165, 1.54) is 0 Å². The quantitative estimate of drug-likeness (QED) is 0.478. The van der Waals surface area contributed by atoms with Gasteiger partial charge in [0, 0.05) is 22.3 Å². The van der Waals surface area contributed by atoms with Crippen molar-refractivity contribution in [2.45, 2.75) is 25.7 Å². The number of benzene rings is 2. The molecule has 0 heterocycles.